The molecule has 0 amide bonds. The molecule has 10 aromatic carbocycles. The van der Waals surface area contributed by atoms with E-state index in [0.717, 1.165) is 66.7 Å². The first kappa shape index (κ1) is 37.1. The topological polar surface area (TPSA) is 8.17 Å². The van der Waals surface area contributed by atoms with Crippen molar-refractivity contribution in [1.82, 2.24) is 4.57 Å². The lowest BCUT2D eigenvalue weighted by Gasteiger charge is -2.25. The minimum atomic E-state index is -4.48. The molecule has 2 nitrogen and oxygen atoms in total. The number of nitrogens with zero attached hydrogens (tertiary/aromatic N) is 2. The molecule has 0 saturated carbocycles. The summed E-state index contributed by atoms with van der Waals surface area (Å²) in [6.45, 7) is 0. The van der Waals surface area contributed by atoms with Crippen molar-refractivity contribution in [3.05, 3.63) is 230 Å². The number of para-hydroxylation sites is 2. The summed E-state index contributed by atoms with van der Waals surface area (Å²) in [6.07, 6.45) is -4.48. The molecule has 0 unspecified atom stereocenters. The van der Waals surface area contributed by atoms with Crippen molar-refractivity contribution in [3.8, 4) is 39.1 Å². The summed E-state index contributed by atoms with van der Waals surface area (Å²) in [7, 11) is 0. The predicted molar refractivity (Wildman–Crippen MR) is 252 cm³/mol. The zero-order valence-corrected chi connectivity index (χ0v) is 33.4. The maximum atomic E-state index is 14.3. The maximum Gasteiger partial charge on any atom is 0.416 e. The molecule has 0 aliphatic heterocycles. The smallest absolute Gasteiger partial charge is 0.311 e. The molecule has 0 radical (unpaired) electrons. The van der Waals surface area contributed by atoms with Crippen LogP contribution < -0.4 is 4.90 Å². The number of anilines is 3. The fraction of sp³-hybridized carbons (Fsp3) is 0.0175. The molecule has 0 fully saturated rings. The normalized spacial score (nSPS) is 11.8. The molecule has 0 saturated heterocycles. The van der Waals surface area contributed by atoms with E-state index in [0.29, 0.717) is 10.9 Å². The third-order valence-electron chi connectivity index (χ3n) is 12.0. The Kier molecular flexibility index (Phi) is 8.97. The Hall–Kier alpha value is -7.89. The van der Waals surface area contributed by atoms with E-state index in [1.807, 2.05) is 54.6 Å². The molecule has 62 heavy (non-hydrogen) atoms. The molecule has 0 N–H and O–H groups in total. The average Bonchev–Trinajstić information content (AvgIpc) is 3.65. The number of aromatic nitrogens is 1. The summed E-state index contributed by atoms with van der Waals surface area (Å²) >= 11 is 0. The summed E-state index contributed by atoms with van der Waals surface area (Å²) in [4.78, 5) is 2.20. The molecule has 0 atom stereocenters. The van der Waals surface area contributed by atoms with Crippen LogP contribution in [-0.2, 0) is 6.18 Å². The monoisotopic (exact) mass is 806 g/mol. The van der Waals surface area contributed by atoms with E-state index in [-0.39, 0.29) is 0 Å². The second kappa shape index (κ2) is 15.0. The van der Waals surface area contributed by atoms with E-state index in [4.69, 9.17) is 0 Å². The number of hydrogen-bond acceptors (Lipinski definition) is 1. The first-order valence-electron chi connectivity index (χ1n) is 20.7. The highest BCUT2D eigenvalue weighted by atomic mass is 19.4. The van der Waals surface area contributed by atoms with Gasteiger partial charge >= 0.3 is 6.18 Å². The lowest BCUT2D eigenvalue weighted by atomic mass is 9.86. The van der Waals surface area contributed by atoms with Crippen LogP contribution in [0.2, 0.25) is 0 Å². The Morgan fingerprint density at radius 3 is 1.24 bits per heavy atom. The van der Waals surface area contributed by atoms with Crippen LogP contribution >= 0.6 is 0 Å². The van der Waals surface area contributed by atoms with E-state index in [9.17, 15) is 13.2 Å². The van der Waals surface area contributed by atoms with E-state index >= 15 is 0 Å². The van der Waals surface area contributed by atoms with Gasteiger partial charge in [-0.2, -0.15) is 13.2 Å². The molecule has 5 heteroatoms. The van der Waals surface area contributed by atoms with Gasteiger partial charge in [-0.25, -0.2) is 0 Å². The van der Waals surface area contributed by atoms with Gasteiger partial charge in [0.2, 0.25) is 0 Å². The van der Waals surface area contributed by atoms with E-state index in [1.165, 1.54) is 34.0 Å². The van der Waals surface area contributed by atoms with Gasteiger partial charge < -0.3 is 9.47 Å². The molecule has 11 aromatic rings. The highest BCUT2D eigenvalue weighted by Gasteiger charge is 2.31. The van der Waals surface area contributed by atoms with Crippen molar-refractivity contribution in [2.24, 2.45) is 0 Å². The van der Waals surface area contributed by atoms with Crippen LogP contribution in [0, 0.1) is 0 Å². The van der Waals surface area contributed by atoms with Gasteiger partial charge in [-0.05, 0) is 134 Å². The fourth-order valence-corrected chi connectivity index (χ4v) is 9.19. The summed E-state index contributed by atoms with van der Waals surface area (Å²) in [5.41, 5.74) is 11.3. The number of halogens is 3. The van der Waals surface area contributed by atoms with Crippen molar-refractivity contribution in [2.75, 3.05) is 4.90 Å². The fourth-order valence-electron chi connectivity index (χ4n) is 9.19. The molecule has 0 bridgehead atoms. The lowest BCUT2D eigenvalue weighted by molar-refractivity contribution is -0.137. The molecular formula is C57H37F3N2. The molecule has 0 aliphatic carbocycles. The summed E-state index contributed by atoms with van der Waals surface area (Å²) < 4.78 is 44.9. The third kappa shape index (κ3) is 6.38. The van der Waals surface area contributed by atoms with Crippen LogP contribution in [0.5, 0.6) is 0 Å². The van der Waals surface area contributed by atoms with Gasteiger partial charge in [-0.1, -0.05) is 146 Å². The zero-order valence-electron chi connectivity index (χ0n) is 33.4. The quantitative estimate of drug-likeness (QED) is 0.146. The number of alkyl halides is 3. The van der Waals surface area contributed by atoms with Crippen molar-refractivity contribution in [3.63, 3.8) is 0 Å². The third-order valence-corrected chi connectivity index (χ3v) is 12.0. The van der Waals surface area contributed by atoms with Crippen molar-refractivity contribution in [1.29, 1.82) is 0 Å². The minimum Gasteiger partial charge on any atom is -0.311 e. The van der Waals surface area contributed by atoms with Crippen LogP contribution in [0.15, 0.2) is 224 Å². The molecule has 0 spiro atoms. The summed E-state index contributed by atoms with van der Waals surface area (Å²) in [5.74, 6) is 0. The summed E-state index contributed by atoms with van der Waals surface area (Å²) in [5, 5.41) is 5.96. The predicted octanol–water partition coefficient (Wildman–Crippen LogP) is 16.6. The first-order valence-corrected chi connectivity index (χ1v) is 20.7. The standard InChI is InChI=1S/C57H37F3N2/c58-57(59,60)42-29-35-54-52(37-42)51-36-41(38-24-30-45(31-25-38)61(43-16-6-2-7-17-43)44-18-8-3-9-19-44)28-34-53(51)62(54)46-32-26-40(27-33-46)56-49-22-12-10-20-47(49)55(39-14-4-1-5-15-39)48-21-11-13-23-50(48)56/h1-37H. The Morgan fingerprint density at radius 1 is 0.323 bits per heavy atom. The van der Waals surface area contributed by atoms with Crippen molar-refractivity contribution in [2.45, 2.75) is 6.18 Å². The van der Waals surface area contributed by atoms with Crippen LogP contribution in [0.25, 0.3) is 82.4 Å². The van der Waals surface area contributed by atoms with Gasteiger partial charge in [0.05, 0.1) is 16.6 Å². The van der Waals surface area contributed by atoms with Crippen LogP contribution in [0.3, 0.4) is 0 Å². The Balaban J connectivity index is 1.03. The van der Waals surface area contributed by atoms with Crippen LogP contribution in [0.4, 0.5) is 30.2 Å². The summed E-state index contributed by atoms with van der Waals surface area (Å²) in [6, 6.07) is 75.1. The Labute approximate surface area is 357 Å². The molecule has 296 valence electrons. The number of benzene rings is 10. The average molecular weight is 807 g/mol. The second-order valence-corrected chi connectivity index (χ2v) is 15.6. The maximum absolute atomic E-state index is 14.3. The van der Waals surface area contributed by atoms with Gasteiger partial charge in [-0.15, -0.1) is 0 Å². The van der Waals surface area contributed by atoms with E-state index in [2.05, 4.69) is 161 Å². The molecule has 1 heterocycles. The van der Waals surface area contributed by atoms with Gasteiger partial charge in [-0.3, -0.25) is 0 Å². The van der Waals surface area contributed by atoms with Crippen LogP contribution in [0.1, 0.15) is 5.56 Å². The highest BCUT2D eigenvalue weighted by Crippen LogP contribution is 2.45. The minimum absolute atomic E-state index is 0.546. The number of fused-ring (bicyclic) bond motifs is 5. The molecule has 1 aromatic heterocycles. The van der Waals surface area contributed by atoms with E-state index < -0.39 is 11.7 Å². The second-order valence-electron chi connectivity index (χ2n) is 15.6. The van der Waals surface area contributed by atoms with Gasteiger partial charge in [0.15, 0.2) is 0 Å². The number of hydrogen-bond donors (Lipinski definition) is 0. The van der Waals surface area contributed by atoms with Gasteiger partial charge in [0.25, 0.3) is 0 Å². The van der Waals surface area contributed by atoms with Gasteiger partial charge in [0, 0.05) is 33.5 Å². The zero-order chi connectivity index (χ0) is 41.8. The van der Waals surface area contributed by atoms with Crippen molar-refractivity contribution >= 4 is 60.4 Å². The lowest BCUT2D eigenvalue weighted by Crippen LogP contribution is -2.09. The molecule has 0 aliphatic rings. The van der Waals surface area contributed by atoms with Gasteiger partial charge in [0.1, 0.15) is 0 Å². The van der Waals surface area contributed by atoms with Crippen LogP contribution in [-0.4, -0.2) is 4.57 Å². The SMILES string of the molecule is FC(F)(F)c1ccc2c(c1)c1cc(-c3ccc(N(c4ccccc4)c4ccccc4)cc3)ccc1n2-c1ccc(-c2c3ccccc3c(-c3ccccc3)c3ccccc23)cc1. The van der Waals surface area contributed by atoms with E-state index in [1.54, 1.807) is 6.07 Å². The Morgan fingerprint density at radius 2 is 0.726 bits per heavy atom. The number of rotatable bonds is 7. The van der Waals surface area contributed by atoms with Crippen molar-refractivity contribution < 1.29 is 13.2 Å². The highest BCUT2D eigenvalue weighted by molar-refractivity contribution is 6.21. The molecule has 11 rings (SSSR count). The Bertz CT molecular complexity index is 3310. The molecular weight excluding hydrogens is 770 g/mol. The largest absolute Gasteiger partial charge is 0.416 e. The first-order chi connectivity index (χ1) is 30.4.